The van der Waals surface area contributed by atoms with Crippen LogP contribution < -0.4 is 11.1 Å². The summed E-state index contributed by atoms with van der Waals surface area (Å²) in [5.74, 6) is 0.0972. The van der Waals surface area contributed by atoms with Crippen molar-refractivity contribution < 1.29 is 4.79 Å². The molecule has 1 aliphatic heterocycles. The van der Waals surface area contributed by atoms with Gasteiger partial charge in [0.1, 0.15) is 0 Å². The Bertz CT molecular complexity index is 121. The zero-order chi connectivity index (χ0) is 6.69. The number of carbonyl (C=O) groups is 1. The Morgan fingerprint density at radius 1 is 1.45 bits per heavy atom. The standard InChI is InChI=1S/C6H12N2O.2ClH/c7-5-2-1-3-8-6(9)4-5;;/h5H,1-4,7H2,(H,8,9);2*1H/t5-;;/m1../s1. The maximum absolute atomic E-state index is 10.7. The van der Waals surface area contributed by atoms with Gasteiger partial charge in [-0.15, -0.1) is 24.8 Å². The quantitative estimate of drug-likeness (QED) is 0.598. The van der Waals surface area contributed by atoms with Crippen molar-refractivity contribution in [2.45, 2.75) is 25.3 Å². The van der Waals surface area contributed by atoms with Gasteiger partial charge in [0.2, 0.25) is 5.91 Å². The van der Waals surface area contributed by atoms with E-state index in [1.165, 1.54) is 0 Å². The number of amides is 1. The predicted molar refractivity (Wildman–Crippen MR) is 49.3 cm³/mol. The summed E-state index contributed by atoms with van der Waals surface area (Å²) < 4.78 is 0. The summed E-state index contributed by atoms with van der Waals surface area (Å²) in [5, 5.41) is 2.76. The van der Waals surface area contributed by atoms with Crippen LogP contribution in [0.5, 0.6) is 0 Å². The largest absolute Gasteiger partial charge is 0.356 e. The highest BCUT2D eigenvalue weighted by Crippen LogP contribution is 2.01. The van der Waals surface area contributed by atoms with E-state index in [0.29, 0.717) is 6.42 Å². The SMILES string of the molecule is Cl.Cl.N[C@@H]1CCCNC(=O)C1. The van der Waals surface area contributed by atoms with Gasteiger partial charge >= 0.3 is 0 Å². The van der Waals surface area contributed by atoms with Crippen molar-refractivity contribution in [3.63, 3.8) is 0 Å². The highest BCUT2D eigenvalue weighted by Gasteiger charge is 2.12. The molecule has 0 radical (unpaired) electrons. The number of rotatable bonds is 0. The number of nitrogens with two attached hydrogens (primary N) is 1. The van der Waals surface area contributed by atoms with Gasteiger partial charge in [0.05, 0.1) is 0 Å². The van der Waals surface area contributed by atoms with E-state index in [2.05, 4.69) is 5.32 Å². The van der Waals surface area contributed by atoms with Gasteiger partial charge in [-0.05, 0) is 12.8 Å². The van der Waals surface area contributed by atoms with Gasteiger partial charge in [0.25, 0.3) is 0 Å². The fourth-order valence-corrected chi connectivity index (χ4v) is 1.00. The Hall–Kier alpha value is 0.01000. The van der Waals surface area contributed by atoms with E-state index in [4.69, 9.17) is 5.73 Å². The number of hydrogen-bond donors (Lipinski definition) is 2. The van der Waals surface area contributed by atoms with Crippen LogP contribution in [0.3, 0.4) is 0 Å². The molecule has 3 nitrogen and oxygen atoms in total. The number of hydrogen-bond acceptors (Lipinski definition) is 2. The minimum atomic E-state index is 0. The smallest absolute Gasteiger partial charge is 0.221 e. The third kappa shape index (κ3) is 5.30. The molecule has 0 unspecified atom stereocenters. The molecule has 1 rings (SSSR count). The van der Waals surface area contributed by atoms with E-state index in [-0.39, 0.29) is 36.8 Å². The van der Waals surface area contributed by atoms with Crippen molar-refractivity contribution in [1.82, 2.24) is 5.32 Å². The minimum absolute atomic E-state index is 0. The third-order valence-corrected chi connectivity index (χ3v) is 1.52. The number of carbonyl (C=O) groups excluding carboxylic acids is 1. The van der Waals surface area contributed by atoms with Crippen LogP contribution >= 0.6 is 24.8 Å². The van der Waals surface area contributed by atoms with Crippen LogP contribution in [0, 0.1) is 0 Å². The van der Waals surface area contributed by atoms with Crippen molar-refractivity contribution in [3.8, 4) is 0 Å². The maximum atomic E-state index is 10.7. The summed E-state index contributed by atoms with van der Waals surface area (Å²) in [5.41, 5.74) is 5.56. The molecule has 3 N–H and O–H groups in total. The van der Waals surface area contributed by atoms with Gasteiger partial charge in [0, 0.05) is 19.0 Å². The normalized spacial score (nSPS) is 23.7. The first-order chi connectivity index (χ1) is 4.29. The summed E-state index contributed by atoms with van der Waals surface area (Å²) in [6, 6.07) is 0.0903. The molecular formula is C6H14Cl2N2O. The molecule has 1 saturated heterocycles. The third-order valence-electron chi connectivity index (χ3n) is 1.52. The summed E-state index contributed by atoms with van der Waals surface area (Å²) in [7, 11) is 0. The highest BCUT2D eigenvalue weighted by atomic mass is 35.5. The Labute approximate surface area is 78.9 Å². The average Bonchev–Trinajstić information content (AvgIpc) is 1.93. The van der Waals surface area contributed by atoms with E-state index < -0.39 is 0 Å². The molecule has 1 aliphatic rings. The Morgan fingerprint density at radius 2 is 2.09 bits per heavy atom. The average molecular weight is 201 g/mol. The number of nitrogens with one attached hydrogen (secondary N) is 1. The fourth-order valence-electron chi connectivity index (χ4n) is 1.00. The molecule has 1 amide bonds. The van der Waals surface area contributed by atoms with E-state index >= 15 is 0 Å². The molecule has 11 heavy (non-hydrogen) atoms. The highest BCUT2D eigenvalue weighted by molar-refractivity contribution is 5.85. The fraction of sp³-hybridized carbons (Fsp3) is 0.833. The minimum Gasteiger partial charge on any atom is -0.356 e. The Morgan fingerprint density at radius 3 is 2.73 bits per heavy atom. The molecule has 0 aromatic heterocycles. The van der Waals surface area contributed by atoms with Gasteiger partial charge in [-0.1, -0.05) is 0 Å². The van der Waals surface area contributed by atoms with Crippen LogP contribution in [0.2, 0.25) is 0 Å². The molecule has 0 bridgehead atoms. The molecule has 0 aliphatic carbocycles. The second kappa shape index (κ2) is 6.70. The zero-order valence-electron chi connectivity index (χ0n) is 6.21. The predicted octanol–water partition coefficient (Wildman–Crippen LogP) is 0.457. The molecule has 68 valence electrons. The summed E-state index contributed by atoms with van der Waals surface area (Å²) in [6.45, 7) is 0.798. The summed E-state index contributed by atoms with van der Waals surface area (Å²) in [6.07, 6.45) is 2.49. The van der Waals surface area contributed by atoms with Gasteiger partial charge in [-0.25, -0.2) is 0 Å². The first-order valence-corrected chi connectivity index (χ1v) is 3.31. The first-order valence-electron chi connectivity index (χ1n) is 3.31. The maximum Gasteiger partial charge on any atom is 0.221 e. The lowest BCUT2D eigenvalue weighted by molar-refractivity contribution is -0.120. The molecule has 1 fully saturated rings. The van der Waals surface area contributed by atoms with Crippen LogP contribution in [-0.2, 0) is 4.79 Å². The van der Waals surface area contributed by atoms with E-state index in [1.54, 1.807) is 0 Å². The number of halogens is 2. The first kappa shape index (κ1) is 13.6. The molecule has 1 atom stereocenters. The van der Waals surface area contributed by atoms with Crippen molar-refractivity contribution in [2.75, 3.05) is 6.54 Å². The van der Waals surface area contributed by atoms with Crippen LogP contribution in [0.1, 0.15) is 19.3 Å². The van der Waals surface area contributed by atoms with Crippen LogP contribution in [-0.4, -0.2) is 18.5 Å². The lowest BCUT2D eigenvalue weighted by Gasteiger charge is -2.02. The van der Waals surface area contributed by atoms with Crippen molar-refractivity contribution in [3.05, 3.63) is 0 Å². The molecule has 5 heteroatoms. The van der Waals surface area contributed by atoms with E-state index in [0.717, 1.165) is 19.4 Å². The van der Waals surface area contributed by atoms with Crippen molar-refractivity contribution >= 4 is 30.7 Å². The van der Waals surface area contributed by atoms with Gasteiger partial charge in [-0.3, -0.25) is 4.79 Å². The second-order valence-electron chi connectivity index (χ2n) is 2.46. The topological polar surface area (TPSA) is 55.1 Å². The molecule has 0 saturated carbocycles. The molecule has 0 aromatic carbocycles. The summed E-state index contributed by atoms with van der Waals surface area (Å²) >= 11 is 0. The van der Waals surface area contributed by atoms with Crippen LogP contribution in [0.4, 0.5) is 0 Å². The van der Waals surface area contributed by atoms with E-state index in [1.807, 2.05) is 0 Å². The lowest BCUT2D eigenvalue weighted by atomic mass is 10.1. The Balaban J connectivity index is 0. The second-order valence-corrected chi connectivity index (χ2v) is 2.46. The summed E-state index contributed by atoms with van der Waals surface area (Å²) in [4.78, 5) is 10.7. The van der Waals surface area contributed by atoms with Crippen molar-refractivity contribution in [2.24, 2.45) is 5.73 Å². The van der Waals surface area contributed by atoms with E-state index in [9.17, 15) is 4.79 Å². The van der Waals surface area contributed by atoms with Gasteiger partial charge < -0.3 is 11.1 Å². The lowest BCUT2D eigenvalue weighted by Crippen LogP contribution is -2.27. The Kier molecular flexibility index (Phi) is 8.28. The van der Waals surface area contributed by atoms with Crippen LogP contribution in [0.15, 0.2) is 0 Å². The van der Waals surface area contributed by atoms with Gasteiger partial charge in [-0.2, -0.15) is 0 Å². The molecule has 0 aromatic rings. The van der Waals surface area contributed by atoms with Crippen LogP contribution in [0.25, 0.3) is 0 Å². The van der Waals surface area contributed by atoms with Crippen molar-refractivity contribution in [1.29, 1.82) is 0 Å². The zero-order valence-corrected chi connectivity index (χ0v) is 7.84. The molecule has 1 heterocycles. The van der Waals surface area contributed by atoms with Gasteiger partial charge in [0.15, 0.2) is 0 Å². The monoisotopic (exact) mass is 200 g/mol. The molecular weight excluding hydrogens is 187 g/mol. The molecule has 0 spiro atoms.